The number of aromatic nitrogens is 3. The van der Waals surface area contributed by atoms with Crippen LogP contribution in [0.3, 0.4) is 0 Å². The largest absolute Gasteiger partial charge is 0.483 e. The monoisotopic (exact) mass is 622 g/mol. The lowest BCUT2D eigenvalue weighted by Crippen LogP contribution is -2.44. The van der Waals surface area contributed by atoms with Crippen LogP contribution < -0.4 is 20.9 Å². The molecule has 0 aliphatic heterocycles. The number of amides is 3. The maximum Gasteiger partial charge on any atom is 0.407 e. The number of halogens is 2. The van der Waals surface area contributed by atoms with Crippen LogP contribution in [0.5, 0.6) is 5.75 Å². The molecule has 0 saturated carbocycles. The predicted octanol–water partition coefficient (Wildman–Crippen LogP) is 3.72. The number of benzene rings is 2. The van der Waals surface area contributed by atoms with E-state index in [-0.39, 0.29) is 60.2 Å². The molecule has 0 radical (unpaired) electrons. The van der Waals surface area contributed by atoms with Crippen molar-refractivity contribution in [1.29, 1.82) is 0 Å². The molecule has 0 fully saturated rings. The second kappa shape index (κ2) is 14.8. The van der Waals surface area contributed by atoms with Crippen LogP contribution >= 0.6 is 0 Å². The molecule has 0 bridgehead atoms. The topological polar surface area (TPSA) is 148 Å². The summed E-state index contributed by atoms with van der Waals surface area (Å²) >= 11 is 0. The first kappa shape index (κ1) is 32.4. The van der Waals surface area contributed by atoms with Crippen molar-refractivity contribution in [1.82, 2.24) is 24.8 Å². The predicted molar refractivity (Wildman–Crippen MR) is 162 cm³/mol. The van der Waals surface area contributed by atoms with Gasteiger partial charge in [0.25, 0.3) is 5.56 Å². The molecule has 0 saturated heterocycles. The van der Waals surface area contributed by atoms with Crippen molar-refractivity contribution >= 4 is 34.6 Å². The molecule has 45 heavy (non-hydrogen) atoms. The molecule has 0 unspecified atom stereocenters. The maximum atomic E-state index is 14.7. The Morgan fingerprint density at radius 3 is 2.60 bits per heavy atom. The number of allylic oxidation sites excluding steroid dienone is 1. The van der Waals surface area contributed by atoms with Crippen LogP contribution in [0.4, 0.5) is 19.3 Å². The van der Waals surface area contributed by atoms with Crippen LogP contribution in [0.1, 0.15) is 24.2 Å². The smallest absolute Gasteiger partial charge is 0.407 e. The molecule has 4 rings (SSSR count). The van der Waals surface area contributed by atoms with Crippen LogP contribution in [-0.4, -0.2) is 64.6 Å². The maximum absolute atomic E-state index is 14.7. The van der Waals surface area contributed by atoms with Gasteiger partial charge in [-0.05, 0) is 36.6 Å². The van der Waals surface area contributed by atoms with Gasteiger partial charge in [0, 0.05) is 26.4 Å². The van der Waals surface area contributed by atoms with E-state index in [0.29, 0.717) is 0 Å². The van der Waals surface area contributed by atoms with Crippen molar-refractivity contribution in [3.8, 4) is 5.75 Å². The Labute approximate surface area is 256 Å². The number of pyridine rings is 1. The van der Waals surface area contributed by atoms with E-state index in [1.54, 1.807) is 44.4 Å². The van der Waals surface area contributed by atoms with Gasteiger partial charge in [0.1, 0.15) is 29.7 Å². The van der Waals surface area contributed by atoms with Gasteiger partial charge in [0.2, 0.25) is 17.6 Å². The summed E-state index contributed by atoms with van der Waals surface area (Å²) in [5.41, 5.74) is 0.285. The normalized spacial score (nSPS) is 11.8. The molecule has 2 aromatic carbocycles. The zero-order valence-corrected chi connectivity index (χ0v) is 24.8. The number of aromatic amines is 1. The number of H-pyrrole nitrogens is 1. The van der Waals surface area contributed by atoms with Crippen LogP contribution in [0.25, 0.3) is 11.0 Å². The Hall–Kier alpha value is -5.53. The number of alkyl carbamates (subject to hydrolysis) is 1. The number of rotatable bonds is 12. The van der Waals surface area contributed by atoms with E-state index >= 15 is 0 Å². The van der Waals surface area contributed by atoms with Crippen molar-refractivity contribution in [3.05, 3.63) is 100 Å². The highest BCUT2D eigenvalue weighted by Crippen LogP contribution is 2.30. The van der Waals surface area contributed by atoms with Crippen LogP contribution in [-0.2, 0) is 27.5 Å². The molecule has 14 heteroatoms. The number of hydrogen-bond donors (Lipinski definition) is 3. The van der Waals surface area contributed by atoms with Gasteiger partial charge in [-0.2, -0.15) is 4.39 Å². The number of likely N-dealkylation sites (N-methyl/N-ethyl adjacent to an activating group) is 1. The van der Waals surface area contributed by atoms with E-state index < -0.39 is 35.2 Å². The van der Waals surface area contributed by atoms with Crippen molar-refractivity contribution in [2.45, 2.75) is 32.0 Å². The number of carbonyl (C=O) groups is 3. The molecule has 12 nitrogen and oxygen atoms in total. The minimum absolute atomic E-state index is 0.0117. The van der Waals surface area contributed by atoms with Crippen molar-refractivity contribution in [2.75, 3.05) is 26.5 Å². The molecule has 3 amide bonds. The number of hydrogen-bond acceptors (Lipinski definition) is 7. The lowest BCUT2D eigenvalue weighted by Gasteiger charge is -2.17. The second-order valence-corrected chi connectivity index (χ2v) is 10.1. The third-order valence-corrected chi connectivity index (χ3v) is 6.62. The highest BCUT2D eigenvalue weighted by molar-refractivity contribution is 5.96. The first-order valence-corrected chi connectivity index (χ1v) is 13.8. The Kier molecular flexibility index (Phi) is 10.6. The molecule has 3 N–H and O–H groups in total. The molecule has 2 aromatic heterocycles. The summed E-state index contributed by atoms with van der Waals surface area (Å²) in [7, 11) is 4.34. The van der Waals surface area contributed by atoms with Crippen molar-refractivity contribution < 1.29 is 32.6 Å². The van der Waals surface area contributed by atoms with E-state index in [9.17, 15) is 28.0 Å². The summed E-state index contributed by atoms with van der Waals surface area (Å²) in [6.07, 6.45) is 3.90. The standard InChI is InChI=1S/C31H32F2N6O6/c1-38(2)25(40)14-8-7-12-21(36-31(43)44-3)29(41)35-22-13-9-15-39(30(22)42)17-24-34-23-16-20(32)26(33)28(27(23)37-24)45-18-19-10-5-4-6-11-19/h4-6,8-11,13-16,21H,7,12,17-18H2,1-3H3,(H,34,37)(H,35,41)(H,36,43)/b14-8+/t21-/m0/s1. The van der Waals surface area contributed by atoms with Crippen LogP contribution in [0.2, 0.25) is 0 Å². The fraction of sp³-hybridized carbons (Fsp3) is 0.258. The number of carbonyl (C=O) groups excluding carboxylic acids is 3. The lowest BCUT2D eigenvalue weighted by atomic mass is 10.1. The summed E-state index contributed by atoms with van der Waals surface area (Å²) in [4.78, 5) is 58.5. The number of nitrogens with zero attached hydrogens (tertiary/aromatic N) is 3. The number of imidazole rings is 1. The number of anilines is 1. The number of ether oxygens (including phenoxy) is 2. The number of methoxy groups -OCH3 is 1. The van der Waals surface area contributed by atoms with Crippen LogP contribution in [0, 0.1) is 11.6 Å². The minimum atomic E-state index is -1.18. The van der Waals surface area contributed by atoms with Gasteiger partial charge < -0.3 is 34.6 Å². The quantitative estimate of drug-likeness (QED) is 0.204. The van der Waals surface area contributed by atoms with Gasteiger partial charge in [0.15, 0.2) is 11.6 Å². The average Bonchev–Trinajstić information content (AvgIpc) is 3.42. The molecule has 4 aromatic rings. The van der Waals surface area contributed by atoms with E-state index in [4.69, 9.17) is 4.74 Å². The summed E-state index contributed by atoms with van der Waals surface area (Å²) in [5.74, 6) is -3.37. The Bertz CT molecular complexity index is 1770. The van der Waals surface area contributed by atoms with Gasteiger partial charge in [-0.25, -0.2) is 14.2 Å². The first-order chi connectivity index (χ1) is 21.6. The molecule has 1 atom stereocenters. The van der Waals surface area contributed by atoms with E-state index in [1.807, 2.05) is 6.07 Å². The zero-order valence-electron chi connectivity index (χ0n) is 24.8. The molecule has 0 aliphatic carbocycles. The van der Waals surface area contributed by atoms with Gasteiger partial charge in [-0.3, -0.25) is 14.4 Å². The molecular formula is C31H32F2N6O6. The Morgan fingerprint density at radius 2 is 1.89 bits per heavy atom. The third-order valence-electron chi connectivity index (χ3n) is 6.62. The highest BCUT2D eigenvalue weighted by atomic mass is 19.2. The van der Waals surface area contributed by atoms with Gasteiger partial charge in [0.05, 0.1) is 19.2 Å². The fourth-order valence-corrected chi connectivity index (χ4v) is 4.26. The second-order valence-electron chi connectivity index (χ2n) is 10.1. The van der Waals surface area contributed by atoms with Gasteiger partial charge in [-0.1, -0.05) is 36.4 Å². The molecule has 2 heterocycles. The fourth-order valence-electron chi connectivity index (χ4n) is 4.26. The molecule has 236 valence electrons. The average molecular weight is 623 g/mol. The van der Waals surface area contributed by atoms with Gasteiger partial charge in [-0.15, -0.1) is 0 Å². The van der Waals surface area contributed by atoms with Crippen molar-refractivity contribution in [2.24, 2.45) is 0 Å². The summed E-state index contributed by atoms with van der Waals surface area (Å²) in [5, 5.41) is 4.95. The van der Waals surface area contributed by atoms with Crippen molar-refractivity contribution in [3.63, 3.8) is 0 Å². The van der Waals surface area contributed by atoms with E-state index in [2.05, 4.69) is 25.3 Å². The Balaban J connectivity index is 1.51. The molecule has 0 aliphatic rings. The minimum Gasteiger partial charge on any atom is -0.483 e. The summed E-state index contributed by atoms with van der Waals surface area (Å²) in [6.45, 7) is -0.144. The lowest BCUT2D eigenvalue weighted by molar-refractivity contribution is -0.123. The van der Waals surface area contributed by atoms with E-state index in [1.165, 1.54) is 33.9 Å². The zero-order chi connectivity index (χ0) is 32.5. The molecular weight excluding hydrogens is 590 g/mol. The highest BCUT2D eigenvalue weighted by Gasteiger charge is 2.23. The first-order valence-electron chi connectivity index (χ1n) is 13.8. The summed E-state index contributed by atoms with van der Waals surface area (Å²) < 4.78 is 40.6. The van der Waals surface area contributed by atoms with Gasteiger partial charge >= 0.3 is 6.09 Å². The van der Waals surface area contributed by atoms with E-state index in [0.717, 1.165) is 18.7 Å². The SMILES string of the molecule is COC(=O)N[C@@H](CC/C=C/C(=O)N(C)C)C(=O)Nc1cccn(Cc2nc3cc(F)c(F)c(OCc4ccccc4)c3[nH]2)c1=O. The summed E-state index contributed by atoms with van der Waals surface area (Å²) in [6, 6.07) is 11.7. The number of nitrogens with one attached hydrogen (secondary N) is 3. The Morgan fingerprint density at radius 1 is 1.13 bits per heavy atom. The number of fused-ring (bicyclic) bond motifs is 1. The van der Waals surface area contributed by atoms with Crippen LogP contribution in [0.15, 0.2) is 71.7 Å². The molecule has 0 spiro atoms. The third kappa shape index (κ3) is 8.31.